The average molecular weight is 434 g/mol. The van der Waals surface area contributed by atoms with Crippen LogP contribution in [-0.4, -0.2) is 49.6 Å². The summed E-state index contributed by atoms with van der Waals surface area (Å²) in [5, 5.41) is 2.43. The highest BCUT2D eigenvalue weighted by Gasteiger charge is 2.27. The Hall–Kier alpha value is -3.18. The molecule has 1 fully saturated rings. The van der Waals surface area contributed by atoms with E-state index in [-0.39, 0.29) is 16.2 Å². The van der Waals surface area contributed by atoms with Crippen molar-refractivity contribution in [2.45, 2.75) is 30.7 Å². The summed E-state index contributed by atoms with van der Waals surface area (Å²) in [6.45, 7) is 2.43. The van der Waals surface area contributed by atoms with Gasteiger partial charge in [0.25, 0.3) is 17.7 Å². The maximum absolute atomic E-state index is 12.5. The molecule has 0 saturated carbocycles. The van der Waals surface area contributed by atoms with Crippen molar-refractivity contribution in [3.63, 3.8) is 0 Å². The quantitative estimate of drug-likeness (QED) is 0.571. The van der Waals surface area contributed by atoms with Crippen LogP contribution < -0.4 is 16.2 Å². The molecule has 0 spiro atoms. The molecule has 3 rings (SSSR count). The fourth-order valence-electron chi connectivity index (χ4n) is 2.90. The van der Waals surface area contributed by atoms with Gasteiger partial charge in [0.15, 0.2) is 5.76 Å². The van der Waals surface area contributed by atoms with Crippen molar-refractivity contribution in [2.24, 2.45) is 0 Å². The molecule has 0 bridgehead atoms. The van der Waals surface area contributed by atoms with Gasteiger partial charge >= 0.3 is 0 Å². The molecule has 2 aromatic rings. The van der Waals surface area contributed by atoms with Crippen molar-refractivity contribution in [3.8, 4) is 0 Å². The lowest BCUT2D eigenvalue weighted by atomic mass is 10.2. The van der Waals surface area contributed by atoms with E-state index in [0.29, 0.717) is 13.1 Å². The summed E-state index contributed by atoms with van der Waals surface area (Å²) in [7, 11) is -3.56. The minimum Gasteiger partial charge on any atom is -0.459 e. The molecule has 1 saturated heterocycles. The minimum absolute atomic E-state index is 0.0580. The van der Waals surface area contributed by atoms with Gasteiger partial charge in [-0.2, -0.15) is 4.31 Å². The van der Waals surface area contributed by atoms with Gasteiger partial charge in [-0.05, 0) is 56.2 Å². The summed E-state index contributed by atoms with van der Waals surface area (Å²) >= 11 is 0. The van der Waals surface area contributed by atoms with Gasteiger partial charge in [-0.3, -0.25) is 25.2 Å². The first-order valence-electron chi connectivity index (χ1n) is 9.34. The summed E-state index contributed by atoms with van der Waals surface area (Å²) in [6.07, 6.45) is 3.00. The average Bonchev–Trinajstić information content (AvgIpc) is 3.46. The Morgan fingerprint density at radius 1 is 1.00 bits per heavy atom. The Kier molecular flexibility index (Phi) is 6.53. The molecule has 30 heavy (non-hydrogen) atoms. The van der Waals surface area contributed by atoms with E-state index in [9.17, 15) is 22.8 Å². The van der Waals surface area contributed by atoms with E-state index >= 15 is 0 Å². The Balaban J connectivity index is 1.53. The van der Waals surface area contributed by atoms with Crippen LogP contribution in [0.5, 0.6) is 0 Å². The summed E-state index contributed by atoms with van der Waals surface area (Å²) < 4.78 is 31.4. The first-order chi connectivity index (χ1) is 14.3. The number of nitrogens with one attached hydrogen (secondary N) is 3. The van der Waals surface area contributed by atoms with Gasteiger partial charge in [-0.15, -0.1) is 0 Å². The highest BCUT2D eigenvalue weighted by Crippen LogP contribution is 2.21. The minimum atomic E-state index is -3.56. The molecule has 0 radical (unpaired) electrons. The predicted octanol–water partition coefficient (Wildman–Crippen LogP) is 0.644. The Labute approximate surface area is 173 Å². The zero-order valence-electron chi connectivity index (χ0n) is 16.3. The summed E-state index contributed by atoms with van der Waals surface area (Å²) in [4.78, 5) is 36.2. The first-order valence-corrected chi connectivity index (χ1v) is 10.8. The zero-order chi connectivity index (χ0) is 21.7. The Morgan fingerprint density at radius 2 is 1.67 bits per heavy atom. The highest BCUT2D eigenvalue weighted by atomic mass is 32.2. The molecule has 1 aromatic carbocycles. The van der Waals surface area contributed by atoms with Crippen molar-refractivity contribution in [1.29, 1.82) is 0 Å². The molecular weight excluding hydrogens is 412 g/mol. The van der Waals surface area contributed by atoms with Gasteiger partial charge in [0.1, 0.15) is 6.04 Å². The number of carbonyl (C=O) groups is 3. The SMILES string of the molecule is C[C@H](NC(=O)c1ccco1)C(=O)NNC(=O)c1ccc(S(=O)(=O)N2CCCC2)cc1. The molecule has 2 heterocycles. The van der Waals surface area contributed by atoms with E-state index in [1.54, 1.807) is 6.07 Å². The molecule has 0 aliphatic carbocycles. The predicted molar refractivity (Wildman–Crippen MR) is 106 cm³/mol. The van der Waals surface area contributed by atoms with Crippen LogP contribution >= 0.6 is 0 Å². The van der Waals surface area contributed by atoms with Gasteiger partial charge in [-0.1, -0.05) is 0 Å². The molecule has 3 N–H and O–H groups in total. The number of nitrogens with zero attached hydrogens (tertiary/aromatic N) is 1. The molecule has 1 aliphatic heterocycles. The van der Waals surface area contributed by atoms with Gasteiger partial charge in [0, 0.05) is 18.7 Å². The van der Waals surface area contributed by atoms with E-state index in [4.69, 9.17) is 4.42 Å². The number of hydrazine groups is 1. The Morgan fingerprint density at radius 3 is 2.27 bits per heavy atom. The number of hydrogen-bond donors (Lipinski definition) is 3. The Bertz CT molecular complexity index is 1010. The standard InChI is InChI=1S/C19H22N4O6S/c1-13(20-19(26)16-5-4-12-29-16)17(24)21-22-18(25)14-6-8-15(9-7-14)30(27,28)23-10-2-3-11-23/h4-9,12-13H,2-3,10-11H2,1H3,(H,20,26)(H,21,24)(H,22,25)/t13-/m0/s1. The second kappa shape index (κ2) is 9.09. The van der Waals surface area contributed by atoms with E-state index < -0.39 is 33.8 Å². The summed E-state index contributed by atoms with van der Waals surface area (Å²) in [6, 6.07) is 7.51. The number of benzene rings is 1. The first kappa shape index (κ1) is 21.5. The molecule has 1 aliphatic rings. The van der Waals surface area contributed by atoms with Crippen LogP contribution in [0.2, 0.25) is 0 Å². The molecule has 3 amide bonds. The van der Waals surface area contributed by atoms with Crippen LogP contribution in [0, 0.1) is 0 Å². The third kappa shape index (κ3) is 4.86. The van der Waals surface area contributed by atoms with Crippen LogP contribution in [0.15, 0.2) is 52.0 Å². The van der Waals surface area contributed by atoms with E-state index in [1.165, 1.54) is 47.8 Å². The molecule has 1 atom stereocenters. The fraction of sp³-hybridized carbons (Fsp3) is 0.316. The van der Waals surface area contributed by atoms with Crippen molar-refractivity contribution in [3.05, 3.63) is 54.0 Å². The number of amides is 3. The lowest BCUT2D eigenvalue weighted by molar-refractivity contribution is -0.123. The smallest absolute Gasteiger partial charge is 0.287 e. The maximum Gasteiger partial charge on any atom is 0.287 e. The van der Waals surface area contributed by atoms with Gasteiger partial charge in [0.05, 0.1) is 11.2 Å². The third-order valence-electron chi connectivity index (χ3n) is 4.60. The van der Waals surface area contributed by atoms with Crippen molar-refractivity contribution >= 4 is 27.7 Å². The number of furan rings is 1. The third-order valence-corrected chi connectivity index (χ3v) is 6.52. The van der Waals surface area contributed by atoms with E-state index in [1.807, 2.05) is 0 Å². The zero-order valence-corrected chi connectivity index (χ0v) is 17.1. The number of rotatable bonds is 6. The van der Waals surface area contributed by atoms with Crippen LogP contribution in [0.4, 0.5) is 0 Å². The second-order valence-corrected chi connectivity index (χ2v) is 8.69. The summed E-state index contributed by atoms with van der Waals surface area (Å²) in [5.41, 5.74) is 4.61. The van der Waals surface area contributed by atoms with Crippen LogP contribution in [-0.2, 0) is 14.8 Å². The molecule has 0 unspecified atom stereocenters. The maximum atomic E-state index is 12.5. The van der Waals surface area contributed by atoms with Gasteiger partial charge < -0.3 is 9.73 Å². The van der Waals surface area contributed by atoms with Crippen molar-refractivity contribution < 1.29 is 27.2 Å². The molecular formula is C19H22N4O6S. The number of sulfonamides is 1. The monoisotopic (exact) mass is 434 g/mol. The molecule has 11 heteroatoms. The second-order valence-electron chi connectivity index (χ2n) is 6.75. The lowest BCUT2D eigenvalue weighted by Crippen LogP contribution is -2.51. The topological polar surface area (TPSA) is 138 Å². The molecule has 160 valence electrons. The fourth-order valence-corrected chi connectivity index (χ4v) is 4.41. The number of hydrogen-bond acceptors (Lipinski definition) is 6. The van der Waals surface area contributed by atoms with Crippen LogP contribution in [0.25, 0.3) is 0 Å². The van der Waals surface area contributed by atoms with Gasteiger partial charge in [-0.25, -0.2) is 8.42 Å². The van der Waals surface area contributed by atoms with Crippen LogP contribution in [0.1, 0.15) is 40.7 Å². The van der Waals surface area contributed by atoms with Crippen molar-refractivity contribution in [1.82, 2.24) is 20.5 Å². The van der Waals surface area contributed by atoms with E-state index in [2.05, 4.69) is 16.2 Å². The van der Waals surface area contributed by atoms with Crippen LogP contribution in [0.3, 0.4) is 0 Å². The largest absolute Gasteiger partial charge is 0.459 e. The highest BCUT2D eigenvalue weighted by molar-refractivity contribution is 7.89. The molecule has 1 aromatic heterocycles. The summed E-state index contributed by atoms with van der Waals surface area (Å²) in [5.74, 6) is -1.78. The molecule has 10 nitrogen and oxygen atoms in total. The van der Waals surface area contributed by atoms with E-state index in [0.717, 1.165) is 12.8 Å². The lowest BCUT2D eigenvalue weighted by Gasteiger charge is -2.16. The normalized spacial score (nSPS) is 15.4. The number of carbonyl (C=O) groups excluding carboxylic acids is 3. The van der Waals surface area contributed by atoms with Gasteiger partial charge in [0.2, 0.25) is 10.0 Å². The van der Waals surface area contributed by atoms with Crippen molar-refractivity contribution in [2.75, 3.05) is 13.1 Å².